The molecule has 1 aliphatic rings. The Balaban J connectivity index is 1.69. The molecule has 3 aromatic carbocycles. The van der Waals surface area contributed by atoms with Crippen molar-refractivity contribution in [2.45, 2.75) is 55.6 Å². The van der Waals surface area contributed by atoms with Gasteiger partial charge in [0.1, 0.15) is 6.04 Å². The number of hydrogen-bond donors (Lipinski definition) is 1. The Morgan fingerprint density at radius 2 is 1.51 bits per heavy atom. The Labute approximate surface area is 256 Å². The van der Waals surface area contributed by atoms with E-state index in [1.54, 1.807) is 18.2 Å². The summed E-state index contributed by atoms with van der Waals surface area (Å²) in [6.07, 6.45) is 4.02. The van der Waals surface area contributed by atoms with Gasteiger partial charge in [-0.3, -0.25) is 9.59 Å². The van der Waals surface area contributed by atoms with Crippen LogP contribution in [-0.2, 0) is 32.6 Å². The van der Waals surface area contributed by atoms with Crippen molar-refractivity contribution in [3.8, 4) is 0 Å². The minimum atomic E-state index is -4.02. The van der Waals surface area contributed by atoms with Gasteiger partial charge in [-0.05, 0) is 54.8 Å². The smallest absolute Gasteiger partial charge is 0.243 e. The van der Waals surface area contributed by atoms with Crippen molar-refractivity contribution in [2.75, 3.05) is 13.6 Å². The van der Waals surface area contributed by atoms with E-state index >= 15 is 0 Å². The molecule has 0 spiro atoms. The number of rotatable bonds is 11. The molecule has 0 bridgehead atoms. The highest BCUT2D eigenvalue weighted by atomic mass is 35.5. The van der Waals surface area contributed by atoms with E-state index in [0.29, 0.717) is 20.6 Å². The van der Waals surface area contributed by atoms with Crippen LogP contribution in [0.15, 0.2) is 77.7 Å². The predicted octanol–water partition coefficient (Wildman–Crippen LogP) is 5.97. The lowest BCUT2D eigenvalue weighted by molar-refractivity contribution is -0.141. The van der Waals surface area contributed by atoms with Crippen molar-refractivity contribution in [3.63, 3.8) is 0 Å². The fraction of sp³-hybridized carbons (Fsp3) is 0.333. The zero-order valence-electron chi connectivity index (χ0n) is 22.6. The van der Waals surface area contributed by atoms with E-state index in [-0.39, 0.29) is 29.8 Å². The molecule has 1 saturated carbocycles. The average molecular weight is 637 g/mol. The average Bonchev–Trinajstić information content (AvgIpc) is 3.45. The second-order valence-corrected chi connectivity index (χ2v) is 13.4. The summed E-state index contributed by atoms with van der Waals surface area (Å²) in [5.41, 5.74) is 1.32. The van der Waals surface area contributed by atoms with Gasteiger partial charge in [-0.15, -0.1) is 0 Å². The summed E-state index contributed by atoms with van der Waals surface area (Å²) in [5.74, 6) is -0.871. The van der Waals surface area contributed by atoms with Crippen LogP contribution in [-0.4, -0.2) is 55.1 Å². The minimum absolute atomic E-state index is 0.00212. The number of halogens is 3. The van der Waals surface area contributed by atoms with E-state index in [1.807, 2.05) is 30.3 Å². The van der Waals surface area contributed by atoms with Gasteiger partial charge >= 0.3 is 0 Å². The van der Waals surface area contributed by atoms with Gasteiger partial charge in [0, 0.05) is 46.7 Å². The number of carbonyl (C=O) groups is 2. The molecule has 0 saturated heterocycles. The summed E-state index contributed by atoms with van der Waals surface area (Å²) >= 11 is 18.9. The van der Waals surface area contributed by atoms with Crippen molar-refractivity contribution < 1.29 is 18.0 Å². The van der Waals surface area contributed by atoms with Gasteiger partial charge in [0.15, 0.2) is 0 Å². The monoisotopic (exact) mass is 635 g/mol. The molecule has 2 amide bonds. The van der Waals surface area contributed by atoms with Crippen LogP contribution in [0.2, 0.25) is 15.1 Å². The topological polar surface area (TPSA) is 86.8 Å². The normalized spacial score (nSPS) is 14.7. The summed E-state index contributed by atoms with van der Waals surface area (Å²) in [7, 11) is -2.70. The van der Waals surface area contributed by atoms with Crippen LogP contribution in [0.3, 0.4) is 0 Å². The van der Waals surface area contributed by atoms with E-state index in [4.69, 9.17) is 34.8 Å². The fourth-order valence-electron chi connectivity index (χ4n) is 4.93. The highest BCUT2D eigenvalue weighted by Crippen LogP contribution is 2.28. The molecular formula is C30H32Cl3N3O4S. The number of hydrogen-bond acceptors (Lipinski definition) is 4. The van der Waals surface area contributed by atoms with Crippen molar-refractivity contribution in [1.29, 1.82) is 0 Å². The number of amides is 2. The molecule has 11 heteroatoms. The quantitative estimate of drug-likeness (QED) is 0.281. The molecular weight excluding hydrogens is 605 g/mol. The zero-order chi connectivity index (χ0) is 29.6. The Hall–Kier alpha value is -2.62. The molecule has 7 nitrogen and oxygen atoms in total. The van der Waals surface area contributed by atoms with Crippen molar-refractivity contribution in [3.05, 3.63) is 99.0 Å². The molecule has 1 atom stereocenters. The first-order chi connectivity index (χ1) is 19.6. The molecule has 0 heterocycles. The number of likely N-dealkylation sites (N-methyl/N-ethyl adjacent to an activating group) is 1. The number of benzene rings is 3. The maximum Gasteiger partial charge on any atom is 0.243 e. The molecule has 0 radical (unpaired) electrons. The number of nitrogens with one attached hydrogen (secondary N) is 1. The molecule has 218 valence electrons. The van der Waals surface area contributed by atoms with Crippen LogP contribution in [0, 0.1) is 0 Å². The van der Waals surface area contributed by atoms with Crippen molar-refractivity contribution >= 4 is 56.6 Å². The van der Waals surface area contributed by atoms with E-state index in [2.05, 4.69) is 5.32 Å². The lowest BCUT2D eigenvalue weighted by Crippen LogP contribution is -2.54. The molecule has 0 aliphatic heterocycles. The Morgan fingerprint density at radius 1 is 0.902 bits per heavy atom. The van der Waals surface area contributed by atoms with Crippen LogP contribution >= 0.6 is 34.8 Å². The van der Waals surface area contributed by atoms with Crippen LogP contribution in [0.4, 0.5) is 0 Å². The first-order valence-electron chi connectivity index (χ1n) is 13.3. The molecule has 1 fully saturated rings. The van der Waals surface area contributed by atoms with Gasteiger partial charge in [-0.2, -0.15) is 4.31 Å². The van der Waals surface area contributed by atoms with E-state index in [0.717, 1.165) is 35.6 Å². The van der Waals surface area contributed by atoms with Crippen LogP contribution < -0.4 is 5.32 Å². The summed E-state index contributed by atoms with van der Waals surface area (Å²) in [4.78, 5) is 29.2. The molecule has 1 aliphatic carbocycles. The molecule has 1 N–H and O–H groups in total. The standard InChI is InChI=1S/C30H32Cl3N3O4S/c1-35(41(39,40)24-16-14-22(31)15-17-24)20-29(37)36(19-25-26(32)12-7-13-27(25)33)28(18-21-8-3-2-4-9-21)30(38)34-23-10-5-6-11-23/h2-4,7-9,12-17,23,28H,5-6,10-11,18-20H2,1H3,(H,34,38). The largest absolute Gasteiger partial charge is 0.352 e. The maximum atomic E-state index is 14.0. The predicted molar refractivity (Wildman–Crippen MR) is 163 cm³/mol. The highest BCUT2D eigenvalue weighted by Gasteiger charge is 2.35. The second kappa shape index (κ2) is 14.0. The lowest BCUT2D eigenvalue weighted by Gasteiger charge is -2.33. The van der Waals surface area contributed by atoms with E-state index in [1.165, 1.54) is 36.2 Å². The van der Waals surface area contributed by atoms with Crippen LogP contribution in [0.5, 0.6) is 0 Å². The fourth-order valence-corrected chi connectivity index (χ4v) is 6.69. The third-order valence-corrected chi connectivity index (χ3v) is 10.0. The zero-order valence-corrected chi connectivity index (χ0v) is 25.7. The van der Waals surface area contributed by atoms with E-state index < -0.39 is 28.5 Å². The maximum absolute atomic E-state index is 14.0. The summed E-state index contributed by atoms with van der Waals surface area (Å²) in [6, 6.07) is 19.2. The van der Waals surface area contributed by atoms with Crippen LogP contribution in [0.25, 0.3) is 0 Å². The molecule has 4 rings (SSSR count). The van der Waals surface area contributed by atoms with Crippen molar-refractivity contribution in [2.24, 2.45) is 0 Å². The third kappa shape index (κ3) is 8.02. The van der Waals surface area contributed by atoms with Gasteiger partial charge in [0.25, 0.3) is 0 Å². The molecule has 41 heavy (non-hydrogen) atoms. The number of sulfonamides is 1. The van der Waals surface area contributed by atoms with Gasteiger partial charge in [0.05, 0.1) is 11.4 Å². The first kappa shape index (κ1) is 31.3. The SMILES string of the molecule is CN(CC(=O)N(Cc1c(Cl)cccc1Cl)C(Cc1ccccc1)C(=O)NC1CCCC1)S(=O)(=O)c1ccc(Cl)cc1. The van der Waals surface area contributed by atoms with Gasteiger partial charge < -0.3 is 10.2 Å². The Morgan fingerprint density at radius 3 is 2.12 bits per heavy atom. The second-order valence-electron chi connectivity index (χ2n) is 10.1. The summed E-state index contributed by atoms with van der Waals surface area (Å²) < 4.78 is 27.5. The third-order valence-electron chi connectivity index (χ3n) is 7.24. The molecule has 0 aromatic heterocycles. The molecule has 1 unspecified atom stereocenters. The number of carbonyl (C=O) groups excluding carboxylic acids is 2. The van der Waals surface area contributed by atoms with Gasteiger partial charge in [-0.1, -0.05) is 84.0 Å². The highest BCUT2D eigenvalue weighted by molar-refractivity contribution is 7.89. The van der Waals surface area contributed by atoms with Gasteiger partial charge in [0.2, 0.25) is 21.8 Å². The lowest BCUT2D eigenvalue weighted by atomic mass is 10.0. The van der Waals surface area contributed by atoms with Gasteiger partial charge in [-0.25, -0.2) is 8.42 Å². The molecule has 3 aromatic rings. The van der Waals surface area contributed by atoms with E-state index in [9.17, 15) is 18.0 Å². The first-order valence-corrected chi connectivity index (χ1v) is 15.9. The summed E-state index contributed by atoms with van der Waals surface area (Å²) in [5, 5.41) is 4.19. The van der Waals surface area contributed by atoms with Crippen LogP contribution in [0.1, 0.15) is 36.8 Å². The summed E-state index contributed by atoms with van der Waals surface area (Å²) in [6.45, 7) is -0.587. The minimum Gasteiger partial charge on any atom is -0.352 e. The number of nitrogens with zero attached hydrogens (tertiary/aromatic N) is 2. The Kier molecular flexibility index (Phi) is 10.7. The Bertz CT molecular complexity index is 1440. The van der Waals surface area contributed by atoms with Crippen molar-refractivity contribution in [1.82, 2.24) is 14.5 Å².